The van der Waals surface area contributed by atoms with Crippen LogP contribution in [0.2, 0.25) is 0 Å². The van der Waals surface area contributed by atoms with Gasteiger partial charge in [-0.15, -0.1) is 0 Å². The summed E-state index contributed by atoms with van der Waals surface area (Å²) in [4.78, 5) is 13.0. The van der Waals surface area contributed by atoms with Crippen LogP contribution < -0.4 is 14.4 Å². The van der Waals surface area contributed by atoms with Crippen LogP contribution in [0.15, 0.2) is 71.6 Å². The molecule has 184 valence electrons. The van der Waals surface area contributed by atoms with Crippen LogP contribution in [0.4, 0.5) is 18.9 Å². The van der Waals surface area contributed by atoms with Crippen molar-refractivity contribution in [1.82, 2.24) is 5.32 Å². The van der Waals surface area contributed by atoms with Crippen LogP contribution in [0.1, 0.15) is 22.3 Å². The molecule has 1 aliphatic rings. The van der Waals surface area contributed by atoms with Crippen LogP contribution in [-0.4, -0.2) is 27.0 Å². The van der Waals surface area contributed by atoms with Crippen molar-refractivity contribution in [2.45, 2.75) is 37.6 Å². The molecular weight excluding hydrogens is 481 g/mol. The molecule has 1 heterocycles. The van der Waals surface area contributed by atoms with Crippen LogP contribution in [0, 0.1) is 13.8 Å². The predicted molar refractivity (Wildman–Crippen MR) is 125 cm³/mol. The first-order valence-electron chi connectivity index (χ1n) is 10.8. The van der Waals surface area contributed by atoms with Crippen LogP contribution in [0.5, 0.6) is 5.75 Å². The summed E-state index contributed by atoms with van der Waals surface area (Å²) < 4.78 is 72.8. The summed E-state index contributed by atoms with van der Waals surface area (Å²) in [5, 5.41) is 2.56. The summed E-state index contributed by atoms with van der Waals surface area (Å²) in [5.41, 5.74) is 1.44. The largest absolute Gasteiger partial charge is 0.476 e. The quantitative estimate of drug-likeness (QED) is 0.551. The number of halogens is 3. The van der Waals surface area contributed by atoms with Gasteiger partial charge < -0.3 is 10.1 Å². The third kappa shape index (κ3) is 5.27. The molecule has 0 unspecified atom stereocenters. The van der Waals surface area contributed by atoms with Gasteiger partial charge in [0.15, 0.2) is 6.10 Å². The van der Waals surface area contributed by atoms with E-state index < -0.39 is 33.8 Å². The minimum atomic E-state index is -4.50. The van der Waals surface area contributed by atoms with E-state index in [4.69, 9.17) is 4.74 Å². The molecule has 3 aromatic rings. The summed E-state index contributed by atoms with van der Waals surface area (Å²) in [7, 11) is -4.01. The monoisotopic (exact) mass is 504 g/mol. The Morgan fingerprint density at radius 3 is 2.40 bits per heavy atom. The highest BCUT2D eigenvalue weighted by Gasteiger charge is 2.37. The standard InChI is InChI=1S/C25H23F3N2O4S/c1-16-6-9-20(10-7-16)35(32,33)30-15-23(34-22-12-17(2)8-11-21(22)30)24(31)29-14-18-4-3-5-19(13-18)25(26,27)28/h3-13,23H,14-15H2,1-2H3,(H,29,31)/t23-/m0/s1. The van der Waals surface area contributed by atoms with Gasteiger partial charge in [0, 0.05) is 6.54 Å². The zero-order valence-corrected chi connectivity index (χ0v) is 19.8. The third-order valence-corrected chi connectivity index (χ3v) is 7.40. The summed E-state index contributed by atoms with van der Waals surface area (Å²) in [6.45, 7) is 3.18. The molecule has 0 fully saturated rings. The van der Waals surface area contributed by atoms with E-state index in [1.807, 2.05) is 6.92 Å². The normalized spacial score (nSPS) is 15.8. The maximum absolute atomic E-state index is 13.5. The first kappa shape index (κ1) is 24.6. The molecule has 1 amide bonds. The van der Waals surface area contributed by atoms with Gasteiger partial charge in [-0.1, -0.05) is 35.9 Å². The molecule has 6 nitrogen and oxygen atoms in total. The third-order valence-electron chi connectivity index (χ3n) is 5.61. The number of benzene rings is 3. The highest BCUT2D eigenvalue weighted by Crippen LogP contribution is 2.38. The fourth-order valence-electron chi connectivity index (χ4n) is 3.72. The maximum Gasteiger partial charge on any atom is 0.416 e. The van der Waals surface area contributed by atoms with Crippen LogP contribution in [-0.2, 0) is 27.5 Å². The van der Waals surface area contributed by atoms with Crippen LogP contribution >= 0.6 is 0 Å². The van der Waals surface area contributed by atoms with Gasteiger partial charge in [0.2, 0.25) is 0 Å². The average molecular weight is 505 g/mol. The number of carbonyl (C=O) groups excluding carboxylic acids is 1. The van der Waals surface area contributed by atoms with Crippen molar-refractivity contribution in [2.75, 3.05) is 10.8 Å². The molecule has 0 saturated heterocycles. The second-order valence-corrected chi connectivity index (χ2v) is 10.2. The Kier molecular flexibility index (Phi) is 6.50. The zero-order valence-electron chi connectivity index (χ0n) is 19.0. The van der Waals surface area contributed by atoms with Crippen molar-refractivity contribution in [1.29, 1.82) is 0 Å². The predicted octanol–water partition coefficient (Wildman–Crippen LogP) is 4.59. The number of hydrogen-bond acceptors (Lipinski definition) is 4. The molecule has 0 saturated carbocycles. The number of sulfonamides is 1. The Morgan fingerprint density at radius 1 is 1.03 bits per heavy atom. The van der Waals surface area contributed by atoms with Crippen molar-refractivity contribution >= 4 is 21.6 Å². The molecule has 0 aliphatic carbocycles. The smallest absolute Gasteiger partial charge is 0.416 e. The number of nitrogens with zero attached hydrogens (tertiary/aromatic N) is 1. The van der Waals surface area contributed by atoms with Gasteiger partial charge in [-0.25, -0.2) is 8.42 Å². The maximum atomic E-state index is 13.5. The number of rotatable bonds is 5. The molecule has 0 spiro atoms. The second-order valence-electron chi connectivity index (χ2n) is 8.34. The molecule has 35 heavy (non-hydrogen) atoms. The highest BCUT2D eigenvalue weighted by molar-refractivity contribution is 7.92. The minimum absolute atomic E-state index is 0.0691. The van der Waals surface area contributed by atoms with Gasteiger partial charge in [-0.3, -0.25) is 9.10 Å². The minimum Gasteiger partial charge on any atom is -0.476 e. The fourth-order valence-corrected chi connectivity index (χ4v) is 5.20. The van der Waals surface area contributed by atoms with E-state index in [0.29, 0.717) is 5.69 Å². The topological polar surface area (TPSA) is 75.7 Å². The van der Waals surface area contributed by atoms with E-state index in [2.05, 4.69) is 5.32 Å². The lowest BCUT2D eigenvalue weighted by molar-refractivity contribution is -0.137. The molecule has 4 rings (SSSR count). The molecule has 10 heteroatoms. The first-order chi connectivity index (χ1) is 16.4. The number of aryl methyl sites for hydroxylation is 2. The summed E-state index contributed by atoms with van der Waals surface area (Å²) in [6.07, 6.45) is -5.70. The summed E-state index contributed by atoms with van der Waals surface area (Å²) in [5.74, 6) is -0.412. The zero-order chi connectivity index (χ0) is 25.4. The SMILES string of the molecule is Cc1ccc(S(=O)(=O)N2C[C@@H](C(=O)NCc3cccc(C(F)(F)F)c3)Oc3cc(C)ccc32)cc1. The number of ether oxygens (including phenoxy) is 1. The lowest BCUT2D eigenvalue weighted by Crippen LogP contribution is -2.50. The number of fused-ring (bicyclic) bond motifs is 1. The van der Waals surface area contributed by atoms with Gasteiger partial charge in [0.25, 0.3) is 15.9 Å². The number of alkyl halides is 3. The molecule has 0 radical (unpaired) electrons. The van der Waals surface area contributed by atoms with Gasteiger partial charge in [0.05, 0.1) is 22.7 Å². The second kappa shape index (κ2) is 9.26. The Balaban J connectivity index is 1.59. The van der Waals surface area contributed by atoms with Gasteiger partial charge in [-0.05, 0) is 61.4 Å². The molecule has 3 aromatic carbocycles. The van der Waals surface area contributed by atoms with Crippen molar-refractivity contribution in [3.63, 3.8) is 0 Å². The Bertz CT molecular complexity index is 1360. The lowest BCUT2D eigenvalue weighted by atomic mass is 10.1. The molecule has 1 N–H and O–H groups in total. The van der Waals surface area contributed by atoms with E-state index in [1.54, 1.807) is 37.3 Å². The van der Waals surface area contributed by atoms with E-state index in [-0.39, 0.29) is 29.3 Å². The van der Waals surface area contributed by atoms with E-state index >= 15 is 0 Å². The summed E-state index contributed by atoms with van der Waals surface area (Å²) in [6, 6.07) is 16.0. The number of hydrogen-bond donors (Lipinski definition) is 1. The molecule has 1 aliphatic heterocycles. The Hall–Kier alpha value is -3.53. The molecule has 1 atom stereocenters. The molecule has 0 bridgehead atoms. The number of amides is 1. The van der Waals surface area contributed by atoms with Crippen LogP contribution in [0.25, 0.3) is 0 Å². The molecular formula is C25H23F3N2O4S. The Labute approximate surface area is 201 Å². The van der Waals surface area contributed by atoms with E-state index in [0.717, 1.165) is 27.6 Å². The number of nitrogens with one attached hydrogen (secondary N) is 1. The summed E-state index contributed by atoms with van der Waals surface area (Å²) >= 11 is 0. The van der Waals surface area contributed by atoms with Gasteiger partial charge in [0.1, 0.15) is 5.75 Å². The van der Waals surface area contributed by atoms with Gasteiger partial charge in [-0.2, -0.15) is 13.2 Å². The van der Waals surface area contributed by atoms with Crippen molar-refractivity contribution in [2.24, 2.45) is 0 Å². The van der Waals surface area contributed by atoms with Crippen molar-refractivity contribution in [3.05, 3.63) is 89.0 Å². The first-order valence-corrected chi connectivity index (χ1v) is 12.2. The van der Waals surface area contributed by atoms with Gasteiger partial charge >= 0.3 is 6.18 Å². The lowest BCUT2D eigenvalue weighted by Gasteiger charge is -2.35. The van der Waals surface area contributed by atoms with Crippen LogP contribution in [0.3, 0.4) is 0 Å². The Morgan fingerprint density at radius 2 is 1.71 bits per heavy atom. The fraction of sp³-hybridized carbons (Fsp3) is 0.240. The van der Waals surface area contributed by atoms with Crippen molar-refractivity contribution in [3.8, 4) is 5.75 Å². The van der Waals surface area contributed by atoms with E-state index in [1.165, 1.54) is 24.3 Å². The molecule has 0 aromatic heterocycles. The van der Waals surface area contributed by atoms with E-state index in [9.17, 15) is 26.4 Å². The van der Waals surface area contributed by atoms with Crippen molar-refractivity contribution < 1.29 is 31.1 Å². The average Bonchev–Trinajstić information content (AvgIpc) is 2.81. The number of anilines is 1. The number of carbonyl (C=O) groups is 1. The highest BCUT2D eigenvalue weighted by atomic mass is 32.2.